The zero-order valence-electron chi connectivity index (χ0n) is 49.1. The number of likely N-dealkylation sites (tertiary alicyclic amines) is 1. The molecule has 7 amide bonds. The van der Waals surface area contributed by atoms with Crippen molar-refractivity contribution in [3.05, 3.63) is 101 Å². The van der Waals surface area contributed by atoms with E-state index in [9.17, 15) is 38.4 Å². The van der Waals surface area contributed by atoms with Crippen LogP contribution in [0.3, 0.4) is 0 Å². The molecule has 0 spiro atoms. The Morgan fingerprint density at radius 1 is 0.616 bits per heavy atom. The van der Waals surface area contributed by atoms with E-state index < -0.39 is 60.3 Å². The van der Waals surface area contributed by atoms with E-state index in [1.807, 2.05) is 24.3 Å². The summed E-state index contributed by atoms with van der Waals surface area (Å²) < 4.78 is 67.4. The van der Waals surface area contributed by atoms with E-state index in [4.69, 9.17) is 56.8 Å². The molecule has 2 fully saturated rings. The number of benzene rings is 4. The highest BCUT2D eigenvalue weighted by Crippen LogP contribution is 2.39. The van der Waals surface area contributed by atoms with Crippen molar-refractivity contribution in [2.45, 2.75) is 69.6 Å². The van der Waals surface area contributed by atoms with Crippen LogP contribution in [0.25, 0.3) is 0 Å². The SMILES string of the molecule is COc1ccc(CCC(OC(=O)[C@@H]2CCCCN2C(=O)Cc2cc(OC)c(OC)c(OC)c2)c2cccc(OCC(=O)NCCOCCOCCOCCOCCNC(=O)COc3cccc4c3C(=O)N(C3CCC(=O)NC3=O)C4=O)c2)cc1OC. The number of hydrogen-bond donors (Lipinski definition) is 3. The van der Waals surface area contributed by atoms with E-state index in [0.29, 0.717) is 91.3 Å². The largest absolute Gasteiger partial charge is 0.493 e. The first-order valence-electron chi connectivity index (χ1n) is 28.3. The molecule has 3 aliphatic heterocycles. The fourth-order valence-electron chi connectivity index (χ4n) is 9.93. The number of methoxy groups -OCH3 is 5. The molecule has 4 aromatic carbocycles. The van der Waals surface area contributed by atoms with E-state index in [-0.39, 0.29) is 101 Å². The third-order valence-corrected chi connectivity index (χ3v) is 14.2. The number of esters is 1. The van der Waals surface area contributed by atoms with Gasteiger partial charge in [-0.3, -0.25) is 43.8 Å². The van der Waals surface area contributed by atoms with Gasteiger partial charge in [0.1, 0.15) is 29.7 Å². The Morgan fingerprint density at radius 3 is 1.86 bits per heavy atom. The third kappa shape index (κ3) is 18.0. The number of nitrogens with zero attached hydrogens (tertiary/aromatic N) is 2. The summed E-state index contributed by atoms with van der Waals surface area (Å²) in [5.74, 6) is -1.47. The average molecular weight is 1200 g/mol. The number of piperidine rings is 2. The maximum absolute atomic E-state index is 14.3. The van der Waals surface area contributed by atoms with Gasteiger partial charge in [0, 0.05) is 26.1 Å². The Morgan fingerprint density at radius 2 is 1.23 bits per heavy atom. The lowest BCUT2D eigenvalue weighted by atomic mass is 9.99. The molecule has 25 nitrogen and oxygen atoms in total. The van der Waals surface area contributed by atoms with Gasteiger partial charge in [-0.1, -0.05) is 24.3 Å². The van der Waals surface area contributed by atoms with Gasteiger partial charge in [-0.2, -0.15) is 0 Å². The van der Waals surface area contributed by atoms with Crippen LogP contribution in [0.4, 0.5) is 0 Å². The van der Waals surface area contributed by atoms with Crippen molar-refractivity contribution in [1.82, 2.24) is 25.8 Å². The van der Waals surface area contributed by atoms with Gasteiger partial charge in [0.2, 0.25) is 23.5 Å². The van der Waals surface area contributed by atoms with Gasteiger partial charge >= 0.3 is 5.97 Å². The number of hydrogen-bond acceptors (Lipinski definition) is 20. The summed E-state index contributed by atoms with van der Waals surface area (Å²) in [7, 11) is 7.64. The first kappa shape index (κ1) is 65.0. The van der Waals surface area contributed by atoms with E-state index in [2.05, 4.69) is 16.0 Å². The predicted molar refractivity (Wildman–Crippen MR) is 306 cm³/mol. The molecule has 86 heavy (non-hydrogen) atoms. The second-order valence-corrected chi connectivity index (χ2v) is 19.9. The highest BCUT2D eigenvalue weighted by molar-refractivity contribution is 6.24. The normalized spacial score (nSPS) is 15.9. The van der Waals surface area contributed by atoms with E-state index in [1.54, 1.807) is 49.5 Å². The van der Waals surface area contributed by atoms with Crippen LogP contribution in [0.5, 0.6) is 40.2 Å². The van der Waals surface area contributed by atoms with E-state index in [1.165, 1.54) is 39.5 Å². The van der Waals surface area contributed by atoms with Crippen LogP contribution in [0.15, 0.2) is 72.8 Å². The second kappa shape index (κ2) is 33.2. The lowest BCUT2D eigenvalue weighted by Crippen LogP contribution is -2.54. The number of carbonyl (C=O) groups excluding carboxylic acids is 8. The first-order chi connectivity index (χ1) is 41.8. The van der Waals surface area contributed by atoms with Gasteiger partial charge in [0.15, 0.2) is 36.2 Å². The fraction of sp³-hybridized carbons (Fsp3) is 0.475. The van der Waals surface area contributed by atoms with Crippen molar-refractivity contribution in [2.75, 3.05) is 121 Å². The quantitative estimate of drug-likeness (QED) is 0.0336. The van der Waals surface area contributed by atoms with Crippen molar-refractivity contribution in [1.29, 1.82) is 0 Å². The number of amides is 7. The van der Waals surface area contributed by atoms with Crippen LogP contribution in [-0.4, -0.2) is 190 Å². The van der Waals surface area contributed by atoms with Crippen molar-refractivity contribution in [2.24, 2.45) is 0 Å². The minimum absolute atomic E-state index is 0.00804. The van der Waals surface area contributed by atoms with Gasteiger partial charge in [0.05, 0.1) is 106 Å². The molecule has 4 aromatic rings. The summed E-state index contributed by atoms with van der Waals surface area (Å²) in [5, 5.41) is 7.57. The summed E-state index contributed by atoms with van der Waals surface area (Å²) in [4.78, 5) is 106. The summed E-state index contributed by atoms with van der Waals surface area (Å²) >= 11 is 0. The highest BCUT2D eigenvalue weighted by atomic mass is 16.6. The van der Waals surface area contributed by atoms with Crippen molar-refractivity contribution < 1.29 is 95.2 Å². The van der Waals surface area contributed by atoms with Gasteiger partial charge < -0.3 is 72.4 Å². The molecule has 25 heteroatoms. The smallest absolute Gasteiger partial charge is 0.329 e. The van der Waals surface area contributed by atoms with E-state index >= 15 is 0 Å². The van der Waals surface area contributed by atoms with Crippen LogP contribution in [0, 0.1) is 0 Å². The molecule has 7 rings (SSSR count). The Kier molecular flexibility index (Phi) is 25.1. The van der Waals surface area contributed by atoms with Gasteiger partial charge in [-0.25, -0.2) is 4.79 Å². The average Bonchev–Trinajstić information content (AvgIpc) is 1.80. The molecule has 0 aromatic heterocycles. The number of nitrogens with one attached hydrogen (secondary N) is 3. The van der Waals surface area contributed by atoms with Crippen molar-refractivity contribution in [3.8, 4) is 40.2 Å². The monoisotopic (exact) mass is 1200 g/mol. The van der Waals surface area contributed by atoms with Crippen LogP contribution >= 0.6 is 0 Å². The zero-order chi connectivity index (χ0) is 61.4. The molecule has 2 unspecified atom stereocenters. The van der Waals surface area contributed by atoms with Gasteiger partial charge in [0.25, 0.3) is 23.6 Å². The van der Waals surface area contributed by atoms with Crippen molar-refractivity contribution >= 4 is 47.3 Å². The molecule has 3 aliphatic rings. The first-order valence-corrected chi connectivity index (χ1v) is 28.3. The Labute approximate surface area is 498 Å². The summed E-state index contributed by atoms with van der Waals surface area (Å²) in [6.07, 6.45) is 2.01. The summed E-state index contributed by atoms with van der Waals surface area (Å²) in [5.41, 5.74) is 2.18. The number of rotatable bonds is 35. The molecule has 0 bridgehead atoms. The number of imide groups is 2. The van der Waals surface area contributed by atoms with Crippen molar-refractivity contribution in [3.63, 3.8) is 0 Å². The zero-order valence-corrected chi connectivity index (χ0v) is 49.1. The standard InChI is InChI=1S/C61H75N5O20/c1-75-47-19-16-39(32-49(47)76-2)15-18-46(86-61(74)45-13-6-7-23-65(45)55(70)35-40-33-50(77-3)57(79-5)51(34-40)78-4)41-10-8-11-42(36-41)84-37-53(68)62-21-24-80-26-28-82-30-31-83-29-27-81-25-22-63-54(69)38-85-48-14-9-12-43-56(48)60(73)66(59(43)72)44-17-20-52(67)64-58(44)71/h8-12,14,16,19,32-34,36,44-46H,6-7,13,15,17-18,20-31,35,37-38H2,1-5H3,(H,62,68)(H,63,69)(H,64,67,71)/t44?,45-,46?/m0/s1. The number of ether oxygens (including phenoxy) is 12. The van der Waals surface area contributed by atoms with Crippen LogP contribution in [0.2, 0.25) is 0 Å². The molecule has 3 heterocycles. The molecule has 0 aliphatic carbocycles. The number of fused-ring (bicyclic) bond motifs is 1. The molecule has 0 saturated carbocycles. The molecule has 3 atom stereocenters. The van der Waals surface area contributed by atoms with Gasteiger partial charge in [-0.15, -0.1) is 0 Å². The predicted octanol–water partition coefficient (Wildman–Crippen LogP) is 3.73. The van der Waals surface area contributed by atoms with Crippen LogP contribution in [0.1, 0.15) is 82.0 Å². The Hall–Kier alpha value is -8.52. The summed E-state index contributed by atoms with van der Waals surface area (Å²) in [6, 6.07) is 18.5. The lowest BCUT2D eigenvalue weighted by molar-refractivity contribution is -0.162. The topological polar surface area (TPSA) is 290 Å². The Balaban J connectivity index is 0.761. The molecule has 464 valence electrons. The fourth-order valence-corrected chi connectivity index (χ4v) is 9.93. The van der Waals surface area contributed by atoms with E-state index in [0.717, 1.165) is 23.3 Å². The third-order valence-electron chi connectivity index (χ3n) is 14.2. The number of aryl methyl sites for hydroxylation is 1. The lowest BCUT2D eigenvalue weighted by Gasteiger charge is -2.35. The number of carbonyl (C=O) groups is 8. The minimum atomic E-state index is -1.13. The molecule has 0 radical (unpaired) electrons. The highest BCUT2D eigenvalue weighted by Gasteiger charge is 2.46. The molecular weight excluding hydrogens is 1120 g/mol. The molecule has 3 N–H and O–H groups in total. The van der Waals surface area contributed by atoms with Gasteiger partial charge in [-0.05, 0) is 104 Å². The minimum Gasteiger partial charge on any atom is -0.493 e. The van der Waals surface area contributed by atoms with Crippen LogP contribution in [-0.2, 0) is 65.3 Å². The maximum atomic E-state index is 14.3. The Bertz CT molecular complexity index is 2990. The van der Waals surface area contributed by atoms with Crippen LogP contribution < -0.4 is 49.1 Å². The maximum Gasteiger partial charge on any atom is 0.329 e. The molecular formula is C61H75N5O20. The summed E-state index contributed by atoms with van der Waals surface area (Å²) in [6.45, 7) is 2.27. The molecule has 2 saturated heterocycles. The second-order valence-electron chi connectivity index (χ2n) is 19.9.